The lowest BCUT2D eigenvalue weighted by atomic mass is 9.83. The van der Waals surface area contributed by atoms with Gasteiger partial charge in [0.2, 0.25) is 0 Å². The Hall–Kier alpha value is -1.17. The number of ether oxygens (including phenoxy) is 1. The van der Waals surface area contributed by atoms with Gasteiger partial charge in [0.15, 0.2) is 5.11 Å². The lowest BCUT2D eigenvalue weighted by molar-refractivity contribution is 0.0389. The van der Waals surface area contributed by atoms with Gasteiger partial charge in [0.1, 0.15) is 0 Å². The van der Waals surface area contributed by atoms with Gasteiger partial charge in [-0.25, -0.2) is 0 Å². The molecule has 0 amide bonds. The van der Waals surface area contributed by atoms with Crippen molar-refractivity contribution in [3.8, 4) is 0 Å². The molecule has 0 bridgehead atoms. The van der Waals surface area contributed by atoms with Crippen LogP contribution >= 0.6 is 12.2 Å². The monoisotopic (exact) mass is 377 g/mol. The van der Waals surface area contributed by atoms with Crippen LogP contribution in [-0.4, -0.2) is 55.9 Å². The second kappa shape index (κ2) is 9.67. The van der Waals surface area contributed by atoms with Gasteiger partial charge in [-0.05, 0) is 60.2 Å². The third kappa shape index (κ3) is 6.53. The Kier molecular flexibility index (Phi) is 7.86. The van der Waals surface area contributed by atoms with Gasteiger partial charge in [0, 0.05) is 32.7 Å². The summed E-state index contributed by atoms with van der Waals surface area (Å²) in [5, 5.41) is 7.41. The molecule has 1 aliphatic rings. The fraction of sp³-hybridized carbons (Fsp3) is 0.667. The molecular weight excluding hydrogens is 342 g/mol. The van der Waals surface area contributed by atoms with Crippen LogP contribution in [0.2, 0.25) is 0 Å². The maximum Gasteiger partial charge on any atom is 0.166 e. The predicted octanol–water partition coefficient (Wildman–Crippen LogP) is 2.94. The van der Waals surface area contributed by atoms with E-state index in [0.717, 1.165) is 57.5 Å². The van der Waals surface area contributed by atoms with Gasteiger partial charge in [-0.3, -0.25) is 4.90 Å². The molecule has 1 aliphatic heterocycles. The minimum atomic E-state index is 0.193. The molecule has 1 aromatic carbocycles. The number of hydrogen-bond acceptors (Lipinski definition) is 3. The van der Waals surface area contributed by atoms with Crippen molar-refractivity contribution in [2.24, 2.45) is 0 Å². The largest absolute Gasteiger partial charge is 0.379 e. The topological polar surface area (TPSA) is 36.5 Å². The van der Waals surface area contributed by atoms with Crippen LogP contribution in [0, 0.1) is 13.8 Å². The number of thiocarbonyl (C=S) groups is 1. The predicted molar refractivity (Wildman–Crippen MR) is 114 cm³/mol. The average Bonchev–Trinajstić information content (AvgIpc) is 2.57. The summed E-state index contributed by atoms with van der Waals surface area (Å²) in [4.78, 5) is 2.41. The summed E-state index contributed by atoms with van der Waals surface area (Å²) in [6.07, 6.45) is 0.993. The van der Waals surface area contributed by atoms with Gasteiger partial charge in [-0.15, -0.1) is 0 Å². The summed E-state index contributed by atoms with van der Waals surface area (Å²) in [5.41, 5.74) is 5.79. The van der Waals surface area contributed by atoms with E-state index in [9.17, 15) is 0 Å². The van der Waals surface area contributed by atoms with Crippen LogP contribution in [0.1, 0.15) is 43.0 Å². The highest BCUT2D eigenvalue weighted by molar-refractivity contribution is 7.80. The molecular formula is C21H35N3OS. The van der Waals surface area contributed by atoms with Gasteiger partial charge < -0.3 is 15.4 Å². The van der Waals surface area contributed by atoms with Crippen LogP contribution in [0.4, 0.5) is 0 Å². The highest BCUT2D eigenvalue weighted by atomic mass is 32.1. The smallest absolute Gasteiger partial charge is 0.166 e. The zero-order valence-corrected chi connectivity index (χ0v) is 17.9. The van der Waals surface area contributed by atoms with Gasteiger partial charge in [0.25, 0.3) is 0 Å². The van der Waals surface area contributed by atoms with Crippen molar-refractivity contribution in [3.63, 3.8) is 0 Å². The van der Waals surface area contributed by atoms with Crippen LogP contribution in [-0.2, 0) is 16.6 Å². The van der Waals surface area contributed by atoms with Crippen LogP contribution in [0.25, 0.3) is 0 Å². The third-order valence-corrected chi connectivity index (χ3v) is 5.33. The summed E-state index contributed by atoms with van der Waals surface area (Å²) >= 11 is 5.41. The number of nitrogens with one attached hydrogen (secondary N) is 2. The molecule has 1 fully saturated rings. The van der Waals surface area contributed by atoms with E-state index in [1.165, 1.54) is 22.3 Å². The zero-order valence-electron chi connectivity index (χ0n) is 17.1. The van der Waals surface area contributed by atoms with Crippen molar-refractivity contribution in [2.75, 3.05) is 45.9 Å². The Morgan fingerprint density at radius 1 is 1.08 bits per heavy atom. The molecule has 0 saturated carbocycles. The molecule has 0 spiro atoms. The van der Waals surface area contributed by atoms with Gasteiger partial charge >= 0.3 is 0 Å². The number of nitrogens with zero attached hydrogens (tertiary/aromatic N) is 1. The van der Waals surface area contributed by atoms with Crippen molar-refractivity contribution < 1.29 is 4.74 Å². The Morgan fingerprint density at radius 3 is 2.23 bits per heavy atom. The van der Waals surface area contributed by atoms with Crippen molar-refractivity contribution in [1.29, 1.82) is 0 Å². The number of rotatable bonds is 6. The summed E-state index contributed by atoms with van der Waals surface area (Å²) in [7, 11) is 0. The zero-order chi connectivity index (χ0) is 19.2. The van der Waals surface area contributed by atoms with Crippen LogP contribution in [0.3, 0.4) is 0 Å². The molecule has 0 atom stereocenters. The number of hydrogen-bond donors (Lipinski definition) is 2. The summed E-state index contributed by atoms with van der Waals surface area (Å²) < 4.78 is 5.37. The first-order valence-electron chi connectivity index (χ1n) is 9.70. The first-order chi connectivity index (χ1) is 12.3. The third-order valence-electron chi connectivity index (χ3n) is 5.04. The highest BCUT2D eigenvalue weighted by Gasteiger charge is 2.16. The normalized spacial score (nSPS) is 15.7. The quantitative estimate of drug-likeness (QED) is 0.746. The second-order valence-electron chi connectivity index (χ2n) is 8.23. The standard InChI is InChI=1S/C21H35N3OS/c1-16-14-18(21(3,4)5)15-17(2)19(16)6-7-22-20(26)23-8-9-24-10-12-25-13-11-24/h14-15H,6-13H2,1-5H3,(H2,22,23,26). The van der Waals surface area contributed by atoms with Crippen molar-refractivity contribution in [1.82, 2.24) is 15.5 Å². The molecule has 0 radical (unpaired) electrons. The maximum absolute atomic E-state index is 5.41. The van der Waals surface area contributed by atoms with Crippen LogP contribution in [0.15, 0.2) is 12.1 Å². The van der Waals surface area contributed by atoms with E-state index < -0.39 is 0 Å². The summed E-state index contributed by atoms with van der Waals surface area (Å²) in [6.45, 7) is 17.7. The fourth-order valence-electron chi connectivity index (χ4n) is 3.34. The van der Waals surface area contributed by atoms with E-state index in [0.29, 0.717) is 0 Å². The molecule has 146 valence electrons. The molecule has 2 rings (SSSR count). The lowest BCUT2D eigenvalue weighted by Gasteiger charge is -2.26. The van der Waals surface area contributed by atoms with Crippen molar-refractivity contribution >= 4 is 17.3 Å². The molecule has 26 heavy (non-hydrogen) atoms. The molecule has 0 aliphatic carbocycles. The van der Waals surface area contributed by atoms with Crippen LogP contribution in [0.5, 0.6) is 0 Å². The Bertz CT molecular complexity index is 581. The van der Waals surface area contributed by atoms with Gasteiger partial charge in [-0.1, -0.05) is 32.9 Å². The van der Waals surface area contributed by atoms with Gasteiger partial charge in [-0.2, -0.15) is 0 Å². The summed E-state index contributed by atoms with van der Waals surface area (Å²) in [5.74, 6) is 0. The van der Waals surface area contributed by atoms with E-state index in [1.807, 2.05) is 0 Å². The Balaban J connectivity index is 1.74. The first kappa shape index (κ1) is 21.1. The minimum Gasteiger partial charge on any atom is -0.379 e. The van der Waals surface area contributed by atoms with E-state index in [4.69, 9.17) is 17.0 Å². The molecule has 0 aromatic heterocycles. The molecule has 1 heterocycles. The number of benzene rings is 1. The maximum atomic E-state index is 5.41. The Morgan fingerprint density at radius 2 is 1.65 bits per heavy atom. The van der Waals surface area contributed by atoms with Crippen molar-refractivity contribution in [2.45, 2.75) is 46.5 Å². The lowest BCUT2D eigenvalue weighted by Crippen LogP contribution is -2.43. The SMILES string of the molecule is Cc1cc(C(C)(C)C)cc(C)c1CCNC(=S)NCCN1CCOCC1. The molecule has 4 nitrogen and oxygen atoms in total. The number of morpholine rings is 1. The fourth-order valence-corrected chi connectivity index (χ4v) is 3.54. The minimum absolute atomic E-state index is 0.193. The van der Waals surface area contributed by atoms with Crippen LogP contribution < -0.4 is 10.6 Å². The number of aryl methyl sites for hydroxylation is 2. The van der Waals surface area contributed by atoms with E-state index in [1.54, 1.807) is 0 Å². The van der Waals surface area contributed by atoms with E-state index in [2.05, 4.69) is 62.3 Å². The molecule has 5 heteroatoms. The molecule has 0 unspecified atom stereocenters. The average molecular weight is 378 g/mol. The summed E-state index contributed by atoms with van der Waals surface area (Å²) in [6, 6.07) is 4.67. The van der Waals surface area contributed by atoms with Crippen molar-refractivity contribution in [3.05, 3.63) is 34.4 Å². The first-order valence-corrected chi connectivity index (χ1v) is 10.1. The Labute approximate surface area is 164 Å². The molecule has 1 saturated heterocycles. The highest BCUT2D eigenvalue weighted by Crippen LogP contribution is 2.27. The van der Waals surface area contributed by atoms with E-state index in [-0.39, 0.29) is 5.41 Å². The molecule has 1 aromatic rings. The van der Waals surface area contributed by atoms with Gasteiger partial charge in [0.05, 0.1) is 13.2 Å². The molecule has 2 N–H and O–H groups in total. The second-order valence-corrected chi connectivity index (χ2v) is 8.63. The van der Waals surface area contributed by atoms with E-state index >= 15 is 0 Å².